The summed E-state index contributed by atoms with van der Waals surface area (Å²) in [7, 11) is 0. The predicted octanol–water partition coefficient (Wildman–Crippen LogP) is 4.63. The number of fused-ring (bicyclic) bond motifs is 1. The molecule has 1 N–H and O–H groups in total. The van der Waals surface area contributed by atoms with E-state index in [1.807, 2.05) is 32.9 Å². The van der Waals surface area contributed by atoms with E-state index in [1.165, 1.54) is 10.9 Å². The maximum atomic E-state index is 12.7. The molecule has 2 aromatic carbocycles. The number of hydrogen-bond donors (Lipinski definition) is 1. The maximum absolute atomic E-state index is 12.7. The fourth-order valence-corrected chi connectivity index (χ4v) is 3.82. The molecule has 4 rings (SSSR count). The van der Waals surface area contributed by atoms with Crippen LogP contribution in [-0.4, -0.2) is 33.9 Å². The minimum Gasteiger partial charge on any atom is -0.490 e. The number of rotatable bonds is 7. The van der Waals surface area contributed by atoms with Crippen molar-refractivity contribution in [1.82, 2.24) is 14.8 Å². The molecule has 0 saturated carbocycles. The highest BCUT2D eigenvalue weighted by atomic mass is 16.5. The van der Waals surface area contributed by atoms with Crippen molar-refractivity contribution in [2.24, 2.45) is 0 Å². The van der Waals surface area contributed by atoms with Gasteiger partial charge in [0.25, 0.3) is 5.91 Å². The maximum Gasteiger partial charge on any atom is 0.263 e. The van der Waals surface area contributed by atoms with E-state index in [0.29, 0.717) is 23.9 Å². The lowest BCUT2D eigenvalue weighted by Crippen LogP contribution is -2.23. The molecule has 0 fully saturated rings. The van der Waals surface area contributed by atoms with Gasteiger partial charge in [0, 0.05) is 5.39 Å². The molecule has 1 amide bonds. The Hall–Kier alpha value is -4.38. The van der Waals surface area contributed by atoms with Gasteiger partial charge in [-0.2, -0.15) is 15.0 Å². The van der Waals surface area contributed by atoms with Gasteiger partial charge in [0.2, 0.25) is 0 Å². The summed E-state index contributed by atoms with van der Waals surface area (Å²) in [4.78, 5) is 17.5. The molecule has 0 atom stereocenters. The normalized spacial score (nSPS) is 10.7. The first kappa shape index (κ1) is 22.8. The molecule has 8 heteroatoms. The molecule has 0 aliphatic carbocycles. The lowest BCUT2D eigenvalue weighted by Gasteiger charge is -2.14. The van der Waals surface area contributed by atoms with E-state index < -0.39 is 5.91 Å². The van der Waals surface area contributed by atoms with Crippen LogP contribution in [0.3, 0.4) is 0 Å². The van der Waals surface area contributed by atoms with Gasteiger partial charge < -0.3 is 14.8 Å². The zero-order valence-electron chi connectivity index (χ0n) is 19.5. The second-order valence-corrected chi connectivity index (χ2v) is 7.92. The van der Waals surface area contributed by atoms with E-state index in [1.54, 1.807) is 18.2 Å². The molecule has 0 aliphatic heterocycles. The van der Waals surface area contributed by atoms with Crippen molar-refractivity contribution >= 4 is 22.6 Å². The summed E-state index contributed by atoms with van der Waals surface area (Å²) < 4.78 is 12.7. The molecule has 34 heavy (non-hydrogen) atoms. The van der Waals surface area contributed by atoms with Crippen LogP contribution in [0.4, 0.5) is 5.82 Å². The standard InChI is InChI=1S/C26H25N5O3/c1-5-33-21-8-6-7-9-22(21)34-15-24(32)30-26-19(13-27)14-28-31(26)23-12-17(3)20-11-16(2)10-18(4)25(20)29-23/h6-12,14H,5,15H2,1-4H3,(H,30,32). The molecule has 0 unspecified atom stereocenters. The number of para-hydroxylation sites is 2. The Bertz CT molecular complexity index is 1420. The van der Waals surface area contributed by atoms with Gasteiger partial charge in [0.1, 0.15) is 11.6 Å². The number of amides is 1. The van der Waals surface area contributed by atoms with Crippen molar-refractivity contribution in [3.8, 4) is 23.4 Å². The van der Waals surface area contributed by atoms with Crippen molar-refractivity contribution in [1.29, 1.82) is 5.26 Å². The molecular weight excluding hydrogens is 430 g/mol. The molecular formula is C26H25N5O3. The number of nitrogens with one attached hydrogen (secondary N) is 1. The van der Waals surface area contributed by atoms with E-state index in [-0.39, 0.29) is 18.0 Å². The Labute approximate surface area is 197 Å². The van der Waals surface area contributed by atoms with Gasteiger partial charge in [-0.15, -0.1) is 0 Å². The first-order chi connectivity index (χ1) is 16.4. The van der Waals surface area contributed by atoms with E-state index >= 15 is 0 Å². The molecule has 172 valence electrons. The summed E-state index contributed by atoms with van der Waals surface area (Å²) in [6.07, 6.45) is 1.41. The van der Waals surface area contributed by atoms with Crippen LogP contribution in [0.1, 0.15) is 29.2 Å². The first-order valence-corrected chi connectivity index (χ1v) is 10.9. The van der Waals surface area contributed by atoms with Gasteiger partial charge in [-0.3, -0.25) is 4.79 Å². The van der Waals surface area contributed by atoms with Gasteiger partial charge in [-0.05, 0) is 63.1 Å². The number of anilines is 1. The SMILES string of the molecule is CCOc1ccccc1OCC(=O)Nc1c(C#N)cnn1-c1cc(C)c2cc(C)cc(C)c2n1. The number of nitriles is 1. The van der Waals surface area contributed by atoms with Crippen molar-refractivity contribution in [3.63, 3.8) is 0 Å². The lowest BCUT2D eigenvalue weighted by atomic mass is 10.0. The third-order valence-electron chi connectivity index (χ3n) is 5.31. The molecule has 0 spiro atoms. The Balaban J connectivity index is 1.62. The van der Waals surface area contributed by atoms with Gasteiger partial charge in [0.15, 0.2) is 29.7 Å². The molecule has 2 aromatic heterocycles. The number of aryl methyl sites for hydroxylation is 3. The Morgan fingerprint density at radius 3 is 2.53 bits per heavy atom. The Morgan fingerprint density at radius 1 is 1.09 bits per heavy atom. The number of carbonyl (C=O) groups is 1. The first-order valence-electron chi connectivity index (χ1n) is 10.9. The molecule has 2 heterocycles. The van der Waals surface area contributed by atoms with Crippen LogP contribution in [0.25, 0.3) is 16.7 Å². The average molecular weight is 456 g/mol. The molecule has 4 aromatic rings. The minimum atomic E-state index is -0.436. The van der Waals surface area contributed by atoms with E-state index in [4.69, 9.17) is 14.5 Å². The highest BCUT2D eigenvalue weighted by Crippen LogP contribution is 2.28. The van der Waals surface area contributed by atoms with Crippen LogP contribution in [-0.2, 0) is 4.79 Å². The molecule has 8 nitrogen and oxygen atoms in total. The molecule has 0 aliphatic rings. The van der Waals surface area contributed by atoms with Gasteiger partial charge in [-0.1, -0.05) is 23.8 Å². The van der Waals surface area contributed by atoms with Crippen LogP contribution in [0, 0.1) is 32.1 Å². The van der Waals surface area contributed by atoms with Crippen LogP contribution in [0.2, 0.25) is 0 Å². The lowest BCUT2D eigenvalue weighted by molar-refractivity contribution is -0.118. The van der Waals surface area contributed by atoms with Crippen LogP contribution >= 0.6 is 0 Å². The van der Waals surface area contributed by atoms with Crippen molar-refractivity contribution in [2.75, 3.05) is 18.5 Å². The number of aromatic nitrogens is 3. The number of nitrogens with zero attached hydrogens (tertiary/aromatic N) is 4. The van der Waals surface area contributed by atoms with Crippen molar-refractivity contribution in [2.45, 2.75) is 27.7 Å². The topological polar surface area (TPSA) is 102 Å². The third kappa shape index (κ3) is 4.55. The summed E-state index contributed by atoms with van der Waals surface area (Å²) in [6.45, 7) is 8.16. The van der Waals surface area contributed by atoms with E-state index in [0.717, 1.165) is 27.6 Å². The summed E-state index contributed by atoms with van der Waals surface area (Å²) >= 11 is 0. The smallest absolute Gasteiger partial charge is 0.263 e. The zero-order valence-corrected chi connectivity index (χ0v) is 19.5. The van der Waals surface area contributed by atoms with Gasteiger partial charge in [0.05, 0.1) is 18.3 Å². The monoisotopic (exact) mass is 455 g/mol. The zero-order chi connectivity index (χ0) is 24.2. The quantitative estimate of drug-likeness (QED) is 0.436. The largest absolute Gasteiger partial charge is 0.490 e. The van der Waals surface area contributed by atoms with Crippen molar-refractivity contribution in [3.05, 3.63) is 70.9 Å². The highest BCUT2D eigenvalue weighted by Gasteiger charge is 2.18. The van der Waals surface area contributed by atoms with Gasteiger partial charge >= 0.3 is 0 Å². The van der Waals surface area contributed by atoms with Crippen LogP contribution < -0.4 is 14.8 Å². The minimum absolute atomic E-state index is 0.225. The second kappa shape index (κ2) is 9.63. The van der Waals surface area contributed by atoms with Crippen LogP contribution in [0.5, 0.6) is 11.5 Å². The molecule has 0 radical (unpaired) electrons. The van der Waals surface area contributed by atoms with Crippen molar-refractivity contribution < 1.29 is 14.3 Å². The summed E-state index contributed by atoms with van der Waals surface area (Å²) in [5.41, 5.74) is 4.30. The van der Waals surface area contributed by atoms with Crippen LogP contribution in [0.15, 0.2) is 48.7 Å². The Morgan fingerprint density at radius 2 is 1.82 bits per heavy atom. The number of benzene rings is 2. The highest BCUT2D eigenvalue weighted by molar-refractivity contribution is 5.93. The fourth-order valence-electron chi connectivity index (χ4n) is 3.82. The number of carbonyl (C=O) groups excluding carboxylic acids is 1. The summed E-state index contributed by atoms with van der Waals surface area (Å²) in [5, 5.41) is 17.7. The third-order valence-corrected chi connectivity index (χ3v) is 5.31. The summed E-state index contributed by atoms with van der Waals surface area (Å²) in [5.74, 6) is 1.34. The predicted molar refractivity (Wildman–Crippen MR) is 130 cm³/mol. The number of ether oxygens (including phenoxy) is 2. The fraction of sp³-hybridized carbons (Fsp3) is 0.231. The van der Waals surface area contributed by atoms with Gasteiger partial charge in [-0.25, -0.2) is 4.98 Å². The number of pyridine rings is 1. The van der Waals surface area contributed by atoms with E-state index in [9.17, 15) is 10.1 Å². The molecule has 0 bridgehead atoms. The molecule has 0 saturated heterocycles. The number of hydrogen-bond acceptors (Lipinski definition) is 6. The average Bonchev–Trinajstić information content (AvgIpc) is 3.21. The Kier molecular flexibility index (Phi) is 6.46. The van der Waals surface area contributed by atoms with E-state index in [2.05, 4.69) is 35.5 Å². The second-order valence-electron chi connectivity index (χ2n) is 7.92. The summed E-state index contributed by atoms with van der Waals surface area (Å²) in [6, 6.07) is 15.3.